The zero-order chi connectivity index (χ0) is 15.9. The molecule has 1 unspecified atom stereocenters. The van der Waals surface area contributed by atoms with Crippen molar-refractivity contribution < 1.29 is 20.0 Å². The minimum Gasteiger partial charge on any atom is -0.396 e. The Morgan fingerprint density at radius 3 is 1.63 bits per heavy atom. The van der Waals surface area contributed by atoms with E-state index in [4.69, 9.17) is 20.0 Å². The van der Waals surface area contributed by atoms with Crippen LogP contribution in [0, 0.1) is 11.8 Å². The van der Waals surface area contributed by atoms with Gasteiger partial charge in [-0.2, -0.15) is 0 Å². The van der Waals surface area contributed by atoms with Crippen molar-refractivity contribution in [2.75, 3.05) is 13.2 Å². The maximum atomic E-state index is 8.75. The molecular formula is C12H31O4PS2. The number of rotatable bonds is 6. The third-order valence-corrected chi connectivity index (χ3v) is 2.17. The maximum Gasteiger partial charge on any atom is 0.239 e. The first-order valence-electron chi connectivity index (χ1n) is 6.62. The topological polar surface area (TPSA) is 80.9 Å². The molecule has 0 saturated carbocycles. The Hall–Kier alpha value is 0.840. The predicted octanol–water partition coefficient (Wildman–Crippen LogP) is 2.96. The van der Waals surface area contributed by atoms with Gasteiger partial charge in [-0.3, -0.25) is 0 Å². The number of unbranched alkanes of at least 4 members (excludes halogenated alkanes) is 1. The van der Waals surface area contributed by atoms with E-state index >= 15 is 0 Å². The van der Waals surface area contributed by atoms with Crippen LogP contribution in [0.1, 0.15) is 53.4 Å². The van der Waals surface area contributed by atoms with Crippen LogP contribution in [0.5, 0.6) is 0 Å². The molecule has 4 N–H and O–H groups in total. The van der Waals surface area contributed by atoms with Gasteiger partial charge in [0.05, 0.1) is 0 Å². The van der Waals surface area contributed by atoms with Gasteiger partial charge >= 0.3 is 0 Å². The van der Waals surface area contributed by atoms with Gasteiger partial charge in [0.15, 0.2) is 0 Å². The summed E-state index contributed by atoms with van der Waals surface area (Å²) < 4.78 is 0. The highest BCUT2D eigenvalue weighted by molar-refractivity contribution is 8.59. The van der Waals surface area contributed by atoms with Gasteiger partial charge in [-0.1, -0.05) is 59.2 Å². The van der Waals surface area contributed by atoms with Crippen molar-refractivity contribution in [3.8, 4) is 0 Å². The number of aliphatic hydroxyl groups is 2. The summed E-state index contributed by atoms with van der Waals surface area (Å²) in [5.41, 5.74) is -3.11. The molecule has 19 heavy (non-hydrogen) atoms. The SMILES string of the molecule is CC(C)CO.CCCCC(CC)CO.OP(O)(=S)S. The van der Waals surface area contributed by atoms with Gasteiger partial charge in [-0.05, 0) is 30.1 Å². The Balaban J connectivity index is -0.000000219. The third kappa shape index (κ3) is 45.5. The lowest BCUT2D eigenvalue weighted by Crippen LogP contribution is -2.03. The molecule has 0 rings (SSSR count). The molecule has 0 fully saturated rings. The fourth-order valence-electron chi connectivity index (χ4n) is 0.917. The highest BCUT2D eigenvalue weighted by atomic mass is 32.9. The van der Waals surface area contributed by atoms with E-state index in [9.17, 15) is 0 Å². The number of hydrogen-bond donors (Lipinski definition) is 5. The smallest absolute Gasteiger partial charge is 0.239 e. The van der Waals surface area contributed by atoms with Crippen LogP contribution in [-0.2, 0) is 11.8 Å². The second-order valence-corrected chi connectivity index (χ2v) is 9.73. The average Bonchev–Trinajstić information content (AvgIpc) is 2.29. The van der Waals surface area contributed by atoms with Crippen LogP contribution in [0.25, 0.3) is 0 Å². The minimum absolute atomic E-state index is 0.306. The molecule has 0 aliphatic carbocycles. The van der Waals surface area contributed by atoms with Gasteiger partial charge in [-0.15, -0.1) is 0 Å². The van der Waals surface area contributed by atoms with Crippen molar-refractivity contribution in [1.82, 2.24) is 0 Å². The van der Waals surface area contributed by atoms with Crippen molar-refractivity contribution in [3.05, 3.63) is 0 Å². The van der Waals surface area contributed by atoms with Crippen LogP contribution in [0.4, 0.5) is 0 Å². The minimum atomic E-state index is -3.11. The summed E-state index contributed by atoms with van der Waals surface area (Å²) in [6.07, 6.45) is 4.83. The molecular weight excluding hydrogens is 303 g/mol. The number of aliphatic hydroxyl groups excluding tert-OH is 2. The zero-order valence-corrected chi connectivity index (χ0v) is 15.1. The van der Waals surface area contributed by atoms with Gasteiger partial charge < -0.3 is 20.0 Å². The van der Waals surface area contributed by atoms with Crippen molar-refractivity contribution in [2.24, 2.45) is 11.8 Å². The summed E-state index contributed by atoms with van der Waals surface area (Å²) in [7, 11) is 0. The quantitative estimate of drug-likeness (QED) is 0.381. The molecule has 0 aromatic rings. The predicted molar refractivity (Wildman–Crippen MR) is 90.0 cm³/mol. The monoisotopic (exact) mass is 334 g/mol. The summed E-state index contributed by atoms with van der Waals surface area (Å²) in [5, 5.41) is 16.9. The highest BCUT2D eigenvalue weighted by Gasteiger charge is 2.01. The largest absolute Gasteiger partial charge is 0.396 e. The van der Waals surface area contributed by atoms with E-state index in [1.165, 1.54) is 19.3 Å². The molecule has 0 saturated heterocycles. The van der Waals surface area contributed by atoms with Crippen molar-refractivity contribution in [1.29, 1.82) is 0 Å². The lowest BCUT2D eigenvalue weighted by Gasteiger charge is -2.08. The molecule has 0 bridgehead atoms. The Bertz CT molecular complexity index is 198. The lowest BCUT2D eigenvalue weighted by atomic mass is 10.0. The second-order valence-electron chi connectivity index (χ2n) is 4.69. The van der Waals surface area contributed by atoms with E-state index in [0.29, 0.717) is 25.0 Å². The first-order valence-corrected chi connectivity index (χ1v) is 10.5. The number of hydrogen-bond acceptors (Lipinski definition) is 3. The molecule has 0 aromatic carbocycles. The summed E-state index contributed by atoms with van der Waals surface area (Å²) >= 11 is 7.07. The van der Waals surface area contributed by atoms with Crippen LogP contribution < -0.4 is 0 Å². The first-order chi connectivity index (χ1) is 8.62. The van der Waals surface area contributed by atoms with E-state index in [-0.39, 0.29) is 0 Å². The van der Waals surface area contributed by atoms with E-state index in [2.05, 4.69) is 37.9 Å². The molecule has 4 nitrogen and oxygen atoms in total. The van der Waals surface area contributed by atoms with Crippen LogP contribution in [0.15, 0.2) is 0 Å². The fourth-order valence-corrected chi connectivity index (χ4v) is 0.917. The third-order valence-electron chi connectivity index (χ3n) is 2.17. The summed E-state index contributed by atoms with van der Waals surface area (Å²) in [6.45, 7) is 8.94. The van der Waals surface area contributed by atoms with E-state index in [1.807, 2.05) is 13.8 Å². The Labute approximate surface area is 128 Å². The van der Waals surface area contributed by atoms with Crippen LogP contribution in [0.2, 0.25) is 0 Å². The van der Waals surface area contributed by atoms with Gasteiger partial charge in [0.1, 0.15) is 0 Å². The van der Waals surface area contributed by atoms with Gasteiger partial charge in [0.2, 0.25) is 5.69 Å². The van der Waals surface area contributed by atoms with Crippen molar-refractivity contribution >= 4 is 29.7 Å². The molecule has 0 aliphatic heterocycles. The zero-order valence-electron chi connectivity index (χ0n) is 12.5. The molecule has 0 heterocycles. The Morgan fingerprint density at radius 2 is 1.47 bits per heavy atom. The Kier molecular flexibility index (Phi) is 22.1. The summed E-state index contributed by atoms with van der Waals surface area (Å²) in [4.78, 5) is 15.7. The molecule has 120 valence electrons. The summed E-state index contributed by atoms with van der Waals surface area (Å²) in [6, 6.07) is 0. The standard InChI is InChI=1S/C8H18O.C4H10O.H3O2PS2/c1-3-5-6-8(4-2)7-9;1-4(2)3-5;1-3(2,4)5/h8-9H,3-7H2,1-2H3;4-5H,3H2,1-2H3;(H3,1,2,4,5). The molecule has 0 aromatic heterocycles. The molecule has 1 atom stereocenters. The highest BCUT2D eigenvalue weighted by Crippen LogP contribution is 2.39. The lowest BCUT2D eigenvalue weighted by molar-refractivity contribution is 0.212. The van der Waals surface area contributed by atoms with Gasteiger partial charge in [0.25, 0.3) is 0 Å². The maximum absolute atomic E-state index is 8.75. The fraction of sp³-hybridized carbons (Fsp3) is 1.00. The molecule has 0 radical (unpaired) electrons. The number of thiol groups is 1. The first kappa shape index (κ1) is 24.8. The van der Waals surface area contributed by atoms with Crippen LogP contribution in [-0.4, -0.2) is 33.2 Å². The normalized spacial score (nSPS) is 12.1. The van der Waals surface area contributed by atoms with Crippen molar-refractivity contribution in [3.63, 3.8) is 0 Å². The van der Waals surface area contributed by atoms with E-state index in [0.717, 1.165) is 6.42 Å². The average molecular weight is 334 g/mol. The van der Waals surface area contributed by atoms with Gasteiger partial charge in [0, 0.05) is 13.2 Å². The molecule has 0 amide bonds. The van der Waals surface area contributed by atoms with E-state index < -0.39 is 5.69 Å². The van der Waals surface area contributed by atoms with Crippen LogP contribution >= 0.6 is 17.9 Å². The van der Waals surface area contributed by atoms with Gasteiger partial charge in [-0.25, -0.2) is 0 Å². The molecule has 0 aliphatic rings. The van der Waals surface area contributed by atoms with Crippen LogP contribution in [0.3, 0.4) is 0 Å². The molecule has 7 heteroatoms. The van der Waals surface area contributed by atoms with Crippen molar-refractivity contribution in [2.45, 2.75) is 53.4 Å². The van der Waals surface area contributed by atoms with E-state index in [1.54, 1.807) is 0 Å². The second kappa shape index (κ2) is 16.9. The summed E-state index contributed by atoms with van der Waals surface area (Å²) in [5.74, 6) is 1.000. The molecule has 0 spiro atoms. The Morgan fingerprint density at radius 1 is 1.11 bits per heavy atom.